The molecule has 3 aromatic rings. The second-order valence-corrected chi connectivity index (χ2v) is 8.86. The summed E-state index contributed by atoms with van der Waals surface area (Å²) in [5.74, 6) is 0.470. The molecule has 1 amide bonds. The number of rotatable bonds is 7. The van der Waals surface area contributed by atoms with Gasteiger partial charge in [-0.1, -0.05) is 0 Å². The molecule has 194 valence electrons. The van der Waals surface area contributed by atoms with Crippen molar-refractivity contribution in [2.75, 3.05) is 18.2 Å². The summed E-state index contributed by atoms with van der Waals surface area (Å²) < 4.78 is 57.9. The lowest BCUT2D eigenvalue weighted by Gasteiger charge is -2.20. The van der Waals surface area contributed by atoms with Gasteiger partial charge < -0.3 is 19.9 Å². The molecule has 2 aromatic heterocycles. The van der Waals surface area contributed by atoms with Gasteiger partial charge in [-0.15, -0.1) is 0 Å². The fraction of sp³-hybridized carbons (Fsp3) is 0.391. The first-order valence-corrected chi connectivity index (χ1v) is 10.7. The summed E-state index contributed by atoms with van der Waals surface area (Å²) in [7, 11) is 3.18. The van der Waals surface area contributed by atoms with Crippen LogP contribution >= 0.6 is 0 Å². The molecule has 3 rings (SSSR count). The van der Waals surface area contributed by atoms with Crippen LogP contribution in [-0.2, 0) is 35.9 Å². The molecule has 0 spiro atoms. The van der Waals surface area contributed by atoms with Gasteiger partial charge in [-0.25, -0.2) is 14.8 Å². The van der Waals surface area contributed by atoms with Crippen LogP contribution in [0, 0.1) is 0 Å². The van der Waals surface area contributed by atoms with Crippen LogP contribution in [0.4, 0.5) is 29.5 Å². The van der Waals surface area contributed by atoms with Crippen LogP contribution in [0.3, 0.4) is 0 Å². The molecule has 0 atom stereocenters. The van der Waals surface area contributed by atoms with Crippen molar-refractivity contribution in [3.63, 3.8) is 0 Å². The molecule has 0 bridgehead atoms. The third-order valence-corrected chi connectivity index (χ3v) is 4.58. The standard InChI is InChI=1S/C23H27F3N6O4/c1-22(2,3)36-21(33)30-18-9-14(23(24,25)26)8-15(29-18)11-35-10-13-6-16(19(34-5)17(27)7-13)20-28-12-32(4)31-20/h6-9,12H,10-11,27H2,1-5H3,(H,29,30,33). The predicted molar refractivity (Wildman–Crippen MR) is 125 cm³/mol. The van der Waals surface area contributed by atoms with Crippen molar-refractivity contribution in [3.8, 4) is 17.1 Å². The molecule has 0 aliphatic rings. The van der Waals surface area contributed by atoms with Gasteiger partial charge in [-0.05, 0) is 50.6 Å². The number of alkyl halides is 3. The highest BCUT2D eigenvalue weighted by atomic mass is 19.4. The highest BCUT2D eigenvalue weighted by Crippen LogP contribution is 2.35. The van der Waals surface area contributed by atoms with Crippen LogP contribution in [0.2, 0.25) is 0 Å². The van der Waals surface area contributed by atoms with Crippen molar-refractivity contribution in [1.29, 1.82) is 0 Å². The van der Waals surface area contributed by atoms with Crippen LogP contribution in [0.1, 0.15) is 37.6 Å². The van der Waals surface area contributed by atoms with Crippen molar-refractivity contribution in [3.05, 3.63) is 47.4 Å². The van der Waals surface area contributed by atoms with E-state index in [-0.39, 0.29) is 24.7 Å². The summed E-state index contributed by atoms with van der Waals surface area (Å²) in [6.07, 6.45) is -4.06. The Morgan fingerprint density at radius 2 is 1.86 bits per heavy atom. The Morgan fingerprint density at radius 3 is 2.44 bits per heavy atom. The molecule has 0 radical (unpaired) electrons. The number of nitrogens with one attached hydrogen (secondary N) is 1. The Hall–Kier alpha value is -3.87. The Morgan fingerprint density at radius 1 is 1.14 bits per heavy atom. The first-order chi connectivity index (χ1) is 16.7. The lowest BCUT2D eigenvalue weighted by atomic mass is 10.1. The number of methoxy groups -OCH3 is 1. The van der Waals surface area contributed by atoms with Crippen LogP contribution in [0.15, 0.2) is 30.6 Å². The number of nitrogens with two attached hydrogens (primary N) is 1. The van der Waals surface area contributed by atoms with Gasteiger partial charge in [0.25, 0.3) is 0 Å². The number of nitrogens with zero attached hydrogens (tertiary/aromatic N) is 4. The summed E-state index contributed by atoms with van der Waals surface area (Å²) in [6, 6.07) is 4.93. The average Bonchev–Trinajstić information content (AvgIpc) is 3.17. The smallest absolute Gasteiger partial charge is 0.416 e. The highest BCUT2D eigenvalue weighted by Gasteiger charge is 2.32. The molecule has 0 aliphatic carbocycles. The third kappa shape index (κ3) is 7.07. The SMILES string of the molecule is COc1c(N)cc(COCc2cc(C(F)(F)F)cc(NC(=O)OC(C)(C)C)n2)cc1-c1ncn(C)n1. The van der Waals surface area contributed by atoms with E-state index in [2.05, 4.69) is 20.4 Å². The molecule has 13 heteroatoms. The minimum absolute atomic E-state index is 0.000775. The molecule has 0 unspecified atom stereocenters. The first-order valence-electron chi connectivity index (χ1n) is 10.7. The number of nitrogen functional groups attached to an aromatic ring is 1. The van der Waals surface area contributed by atoms with Crippen molar-refractivity contribution in [2.45, 2.75) is 45.8 Å². The number of hydrogen-bond acceptors (Lipinski definition) is 8. The van der Waals surface area contributed by atoms with E-state index < -0.39 is 23.4 Å². The fourth-order valence-corrected chi connectivity index (χ4v) is 3.22. The molecule has 3 N–H and O–H groups in total. The number of amides is 1. The van der Waals surface area contributed by atoms with Gasteiger partial charge in [-0.3, -0.25) is 10.00 Å². The van der Waals surface area contributed by atoms with E-state index in [1.807, 2.05) is 0 Å². The van der Waals surface area contributed by atoms with Crippen molar-refractivity contribution in [2.24, 2.45) is 7.05 Å². The van der Waals surface area contributed by atoms with E-state index in [0.717, 1.165) is 12.1 Å². The lowest BCUT2D eigenvalue weighted by Crippen LogP contribution is -2.27. The second kappa shape index (κ2) is 10.4. The van der Waals surface area contributed by atoms with Gasteiger partial charge in [0, 0.05) is 7.05 Å². The summed E-state index contributed by atoms with van der Waals surface area (Å²) in [5, 5.41) is 6.49. The van der Waals surface area contributed by atoms with Crippen molar-refractivity contribution < 1.29 is 32.2 Å². The zero-order valence-corrected chi connectivity index (χ0v) is 20.4. The number of anilines is 2. The summed E-state index contributed by atoms with van der Waals surface area (Å²) in [5.41, 5.74) is 5.73. The van der Waals surface area contributed by atoms with Crippen molar-refractivity contribution >= 4 is 17.6 Å². The number of carbonyl (C=O) groups is 1. The van der Waals surface area contributed by atoms with E-state index in [1.165, 1.54) is 18.1 Å². The molecule has 1 aromatic carbocycles. The average molecular weight is 509 g/mol. The maximum atomic E-state index is 13.4. The molecule has 2 heterocycles. The zero-order chi connectivity index (χ0) is 26.7. The minimum atomic E-state index is -4.66. The normalized spacial score (nSPS) is 11.9. The quantitative estimate of drug-likeness (QED) is 0.445. The van der Waals surface area contributed by atoms with E-state index >= 15 is 0 Å². The predicted octanol–water partition coefficient (Wildman–Crippen LogP) is 4.55. The summed E-state index contributed by atoms with van der Waals surface area (Å²) >= 11 is 0. The fourth-order valence-electron chi connectivity index (χ4n) is 3.22. The van der Waals surface area contributed by atoms with Gasteiger partial charge >= 0.3 is 12.3 Å². The van der Waals surface area contributed by atoms with E-state index in [4.69, 9.17) is 19.9 Å². The molecule has 0 fully saturated rings. The Kier molecular flexibility index (Phi) is 7.72. The van der Waals surface area contributed by atoms with Gasteiger partial charge in [0.05, 0.1) is 42.8 Å². The number of carbonyl (C=O) groups excluding carboxylic acids is 1. The molecular formula is C23H27F3N6O4. The van der Waals surface area contributed by atoms with Crippen LogP contribution in [0.5, 0.6) is 5.75 Å². The van der Waals surface area contributed by atoms with Crippen molar-refractivity contribution in [1.82, 2.24) is 19.7 Å². The number of aromatic nitrogens is 4. The Bertz CT molecular complexity index is 1240. The first kappa shape index (κ1) is 26.7. The number of hydrogen-bond donors (Lipinski definition) is 2. The summed E-state index contributed by atoms with van der Waals surface area (Å²) in [6.45, 7) is 4.63. The van der Waals surface area contributed by atoms with E-state index in [1.54, 1.807) is 40.0 Å². The van der Waals surface area contributed by atoms with Gasteiger partial charge in [0.2, 0.25) is 0 Å². The molecular weight excluding hydrogens is 481 g/mol. The minimum Gasteiger partial charge on any atom is -0.494 e. The van der Waals surface area contributed by atoms with Gasteiger partial charge in [0.1, 0.15) is 17.7 Å². The maximum absolute atomic E-state index is 13.4. The van der Waals surface area contributed by atoms with E-state index in [0.29, 0.717) is 28.4 Å². The monoisotopic (exact) mass is 508 g/mol. The largest absolute Gasteiger partial charge is 0.494 e. The molecule has 0 saturated carbocycles. The molecule has 36 heavy (non-hydrogen) atoms. The lowest BCUT2D eigenvalue weighted by molar-refractivity contribution is -0.137. The van der Waals surface area contributed by atoms with Crippen LogP contribution in [0.25, 0.3) is 11.4 Å². The summed E-state index contributed by atoms with van der Waals surface area (Å²) in [4.78, 5) is 20.3. The van der Waals surface area contributed by atoms with E-state index in [9.17, 15) is 18.0 Å². The molecule has 0 saturated heterocycles. The highest BCUT2D eigenvalue weighted by molar-refractivity contribution is 5.83. The number of halogens is 3. The Labute approximate surface area is 205 Å². The number of pyridine rings is 1. The second-order valence-electron chi connectivity index (χ2n) is 8.86. The Balaban J connectivity index is 1.79. The van der Waals surface area contributed by atoms with Gasteiger partial charge in [0.15, 0.2) is 11.6 Å². The number of ether oxygens (including phenoxy) is 3. The topological polar surface area (TPSA) is 126 Å². The van der Waals surface area contributed by atoms with Crippen LogP contribution < -0.4 is 15.8 Å². The molecule has 10 nitrogen and oxygen atoms in total. The molecule has 0 aliphatic heterocycles. The third-order valence-electron chi connectivity index (χ3n) is 4.58. The zero-order valence-electron chi connectivity index (χ0n) is 20.4. The maximum Gasteiger partial charge on any atom is 0.416 e. The van der Waals surface area contributed by atoms with Crippen LogP contribution in [-0.4, -0.2) is 38.6 Å². The number of aryl methyl sites for hydroxylation is 1. The number of benzene rings is 1. The van der Waals surface area contributed by atoms with Gasteiger partial charge in [-0.2, -0.15) is 18.3 Å².